The van der Waals surface area contributed by atoms with Gasteiger partial charge in [0.2, 0.25) is 5.82 Å². The molecule has 0 aliphatic carbocycles. The van der Waals surface area contributed by atoms with Gasteiger partial charge in [0.05, 0.1) is 6.20 Å². The monoisotopic (exact) mass is 400 g/mol. The molecule has 0 spiro atoms. The Hall–Kier alpha value is -3.33. The Kier molecular flexibility index (Phi) is 4.31. The molecule has 0 saturated heterocycles. The molecular formula is C18H11ClF2N6O. The predicted molar refractivity (Wildman–Crippen MR) is 97.7 cm³/mol. The summed E-state index contributed by atoms with van der Waals surface area (Å²) in [5.74, 6) is -3.74. The van der Waals surface area contributed by atoms with Gasteiger partial charge in [-0.2, -0.15) is 13.9 Å². The molecule has 0 N–H and O–H groups in total. The van der Waals surface area contributed by atoms with Gasteiger partial charge in [-0.3, -0.25) is 4.79 Å². The van der Waals surface area contributed by atoms with Gasteiger partial charge >= 0.3 is 5.92 Å². The molecule has 7 nitrogen and oxygen atoms in total. The number of fused-ring (bicyclic) bond motifs is 1. The maximum absolute atomic E-state index is 13.6. The van der Waals surface area contributed by atoms with E-state index in [-0.39, 0.29) is 11.6 Å². The van der Waals surface area contributed by atoms with E-state index in [2.05, 4.69) is 25.0 Å². The third kappa shape index (κ3) is 3.20. The van der Waals surface area contributed by atoms with Crippen LogP contribution in [0.5, 0.6) is 0 Å². The lowest BCUT2D eigenvalue weighted by atomic mass is 10.1. The molecule has 0 radical (unpaired) electrons. The van der Waals surface area contributed by atoms with E-state index in [1.54, 1.807) is 24.3 Å². The fraction of sp³-hybridized carbons (Fsp3) is 0.111. The zero-order chi connectivity index (χ0) is 19.9. The van der Waals surface area contributed by atoms with Gasteiger partial charge in [-0.15, -0.1) is 0 Å². The standard InChI is InChI=1S/C18H11ClF2N6O/c1-18(20,21)17-22-7-6-14(25-17)27-12-8-23-13(9-28)24-16(12)15(26-27)10-2-4-11(19)5-3-10/h2-9H,1H3. The molecule has 3 aromatic heterocycles. The van der Waals surface area contributed by atoms with E-state index in [1.807, 2.05) is 0 Å². The lowest BCUT2D eigenvalue weighted by Gasteiger charge is -2.09. The zero-order valence-electron chi connectivity index (χ0n) is 14.3. The van der Waals surface area contributed by atoms with Crippen LogP contribution < -0.4 is 0 Å². The van der Waals surface area contributed by atoms with Crippen LogP contribution in [0.3, 0.4) is 0 Å². The van der Waals surface area contributed by atoms with Crippen molar-refractivity contribution >= 4 is 28.9 Å². The quantitative estimate of drug-likeness (QED) is 0.483. The van der Waals surface area contributed by atoms with Crippen LogP contribution >= 0.6 is 11.6 Å². The van der Waals surface area contributed by atoms with E-state index >= 15 is 0 Å². The summed E-state index contributed by atoms with van der Waals surface area (Å²) in [7, 11) is 0. The smallest absolute Gasteiger partial charge is 0.294 e. The molecule has 0 amide bonds. The second-order valence-electron chi connectivity index (χ2n) is 5.97. The van der Waals surface area contributed by atoms with Crippen LogP contribution in [-0.2, 0) is 5.92 Å². The van der Waals surface area contributed by atoms with Crippen LogP contribution in [0.15, 0.2) is 42.7 Å². The predicted octanol–water partition coefficient (Wildman–Crippen LogP) is 3.85. The highest BCUT2D eigenvalue weighted by Gasteiger charge is 2.29. The Morgan fingerprint density at radius 3 is 2.54 bits per heavy atom. The normalized spacial score (nSPS) is 11.7. The van der Waals surface area contributed by atoms with Gasteiger partial charge in [-0.05, 0) is 12.1 Å². The van der Waals surface area contributed by atoms with Gasteiger partial charge < -0.3 is 0 Å². The highest BCUT2D eigenvalue weighted by atomic mass is 35.5. The van der Waals surface area contributed by atoms with E-state index in [0.717, 1.165) is 0 Å². The number of alkyl halides is 2. The number of carbonyl (C=O) groups is 1. The summed E-state index contributed by atoms with van der Waals surface area (Å²) in [6.07, 6.45) is 3.14. The van der Waals surface area contributed by atoms with Gasteiger partial charge in [-0.25, -0.2) is 24.6 Å². The third-order valence-electron chi connectivity index (χ3n) is 3.91. The van der Waals surface area contributed by atoms with Crippen molar-refractivity contribution in [1.82, 2.24) is 29.7 Å². The molecule has 0 saturated carbocycles. The topological polar surface area (TPSA) is 86.5 Å². The first-order valence-corrected chi connectivity index (χ1v) is 8.43. The maximum Gasteiger partial charge on any atom is 0.303 e. The molecule has 3 heterocycles. The van der Waals surface area contributed by atoms with Crippen LogP contribution in [-0.4, -0.2) is 36.0 Å². The number of halogens is 3. The SMILES string of the molecule is CC(F)(F)c1nccc(-n2nc(-c3ccc(Cl)cc3)c3nc(C=O)ncc32)n1. The number of aromatic nitrogens is 6. The molecular weight excluding hydrogens is 390 g/mol. The molecule has 0 unspecified atom stereocenters. The highest BCUT2D eigenvalue weighted by molar-refractivity contribution is 6.30. The summed E-state index contributed by atoms with van der Waals surface area (Å²) < 4.78 is 28.6. The number of rotatable bonds is 4. The molecule has 0 aliphatic rings. The minimum absolute atomic E-state index is 0.0225. The van der Waals surface area contributed by atoms with Crippen molar-refractivity contribution in [1.29, 1.82) is 0 Å². The molecule has 0 bridgehead atoms. The molecule has 4 rings (SSSR count). The first-order chi connectivity index (χ1) is 13.4. The van der Waals surface area contributed by atoms with Crippen molar-refractivity contribution in [3.63, 3.8) is 0 Å². The Labute approximate surface area is 162 Å². The molecule has 0 atom stereocenters. The van der Waals surface area contributed by atoms with Crippen LogP contribution in [0.4, 0.5) is 8.78 Å². The summed E-state index contributed by atoms with van der Waals surface area (Å²) in [5.41, 5.74) is 1.89. The number of hydrogen-bond donors (Lipinski definition) is 0. The van der Waals surface area contributed by atoms with Gasteiger partial charge in [-0.1, -0.05) is 23.7 Å². The minimum atomic E-state index is -3.21. The van der Waals surface area contributed by atoms with Crippen LogP contribution in [0.25, 0.3) is 28.1 Å². The summed E-state index contributed by atoms with van der Waals surface area (Å²) in [6, 6.07) is 8.29. The van der Waals surface area contributed by atoms with Crippen molar-refractivity contribution in [2.45, 2.75) is 12.8 Å². The summed E-state index contributed by atoms with van der Waals surface area (Å²) >= 11 is 5.94. The van der Waals surface area contributed by atoms with E-state index in [1.165, 1.54) is 23.1 Å². The second kappa shape index (κ2) is 6.68. The number of aldehydes is 1. The van der Waals surface area contributed by atoms with Crippen LogP contribution in [0.1, 0.15) is 23.4 Å². The molecule has 0 fully saturated rings. The number of nitrogens with zero attached hydrogens (tertiary/aromatic N) is 6. The van der Waals surface area contributed by atoms with Crippen LogP contribution in [0, 0.1) is 0 Å². The van der Waals surface area contributed by atoms with E-state index < -0.39 is 11.7 Å². The lowest BCUT2D eigenvalue weighted by molar-refractivity contribution is 0.00763. The van der Waals surface area contributed by atoms with Gasteiger partial charge in [0.15, 0.2) is 17.9 Å². The molecule has 1 aromatic carbocycles. The largest absolute Gasteiger partial charge is 0.303 e. The summed E-state index contributed by atoms with van der Waals surface area (Å²) in [6.45, 7) is 0.714. The van der Waals surface area contributed by atoms with Crippen molar-refractivity contribution in [2.24, 2.45) is 0 Å². The van der Waals surface area contributed by atoms with E-state index in [9.17, 15) is 13.6 Å². The molecule has 4 aromatic rings. The third-order valence-corrected chi connectivity index (χ3v) is 4.17. The van der Waals surface area contributed by atoms with Crippen molar-refractivity contribution in [3.05, 3.63) is 59.4 Å². The average molecular weight is 401 g/mol. The lowest BCUT2D eigenvalue weighted by Crippen LogP contribution is -2.14. The fourth-order valence-electron chi connectivity index (χ4n) is 2.63. The first-order valence-electron chi connectivity index (χ1n) is 8.05. The Morgan fingerprint density at radius 1 is 1.11 bits per heavy atom. The Bertz CT molecular complexity index is 1190. The van der Waals surface area contributed by atoms with Gasteiger partial charge in [0.1, 0.15) is 16.7 Å². The second-order valence-corrected chi connectivity index (χ2v) is 6.41. The summed E-state index contributed by atoms with van der Waals surface area (Å²) in [4.78, 5) is 26.8. The minimum Gasteiger partial charge on any atom is -0.294 e. The summed E-state index contributed by atoms with van der Waals surface area (Å²) in [5, 5.41) is 5.02. The van der Waals surface area contributed by atoms with Crippen molar-refractivity contribution in [2.75, 3.05) is 0 Å². The average Bonchev–Trinajstić information content (AvgIpc) is 3.07. The molecule has 0 aliphatic heterocycles. The number of carbonyl (C=O) groups excluding carboxylic acids is 1. The molecule has 28 heavy (non-hydrogen) atoms. The first kappa shape index (κ1) is 18.1. The zero-order valence-corrected chi connectivity index (χ0v) is 15.1. The van der Waals surface area contributed by atoms with E-state index in [0.29, 0.717) is 40.5 Å². The van der Waals surface area contributed by atoms with Gasteiger partial charge in [0.25, 0.3) is 0 Å². The molecule has 10 heteroatoms. The highest BCUT2D eigenvalue weighted by Crippen LogP contribution is 2.29. The van der Waals surface area contributed by atoms with E-state index in [4.69, 9.17) is 11.6 Å². The Balaban J connectivity index is 1.97. The Morgan fingerprint density at radius 2 is 1.86 bits per heavy atom. The molecule has 140 valence electrons. The number of benzene rings is 1. The van der Waals surface area contributed by atoms with Gasteiger partial charge in [0, 0.05) is 29.8 Å². The number of hydrogen-bond acceptors (Lipinski definition) is 6. The van der Waals surface area contributed by atoms with Crippen molar-refractivity contribution < 1.29 is 13.6 Å². The van der Waals surface area contributed by atoms with Crippen LogP contribution in [0.2, 0.25) is 5.02 Å². The maximum atomic E-state index is 13.6. The van der Waals surface area contributed by atoms with Crippen molar-refractivity contribution in [3.8, 4) is 17.1 Å². The fourth-order valence-corrected chi connectivity index (χ4v) is 2.76.